The summed E-state index contributed by atoms with van der Waals surface area (Å²) >= 11 is 3.31. The second kappa shape index (κ2) is 5.29. The second-order valence-corrected chi connectivity index (χ2v) is 4.92. The van der Waals surface area contributed by atoms with Crippen LogP contribution in [-0.2, 0) is 28.7 Å². The van der Waals surface area contributed by atoms with Gasteiger partial charge in [0.2, 0.25) is 0 Å². The normalized spacial score (nSPS) is 12.0. The molecule has 63 valence electrons. The van der Waals surface area contributed by atoms with E-state index >= 15 is 0 Å². The molecule has 0 unspecified atom stereocenters. The van der Waals surface area contributed by atoms with Crippen LogP contribution in [0.3, 0.4) is 0 Å². The molecule has 0 aliphatic heterocycles. The Kier molecular flexibility index (Phi) is 5.62. The molecule has 0 atom stereocenters. The average molecular weight is 205 g/mol. The molecule has 3 nitrogen and oxygen atoms in total. The zero-order chi connectivity index (χ0) is 8.04. The SMILES string of the molecule is CCO[Si](C)([O][Fe])OCC. The van der Waals surface area contributed by atoms with Crippen molar-refractivity contribution in [2.45, 2.75) is 20.4 Å². The van der Waals surface area contributed by atoms with Gasteiger partial charge in [-0.25, -0.2) is 0 Å². The third-order valence-corrected chi connectivity index (χ3v) is 4.06. The van der Waals surface area contributed by atoms with Crippen molar-refractivity contribution in [2.75, 3.05) is 13.2 Å². The van der Waals surface area contributed by atoms with E-state index in [2.05, 4.69) is 16.3 Å². The number of rotatable bonds is 5. The van der Waals surface area contributed by atoms with Crippen LogP contribution in [0.5, 0.6) is 0 Å². The molecule has 0 fully saturated rings. The van der Waals surface area contributed by atoms with E-state index in [0.717, 1.165) is 0 Å². The van der Waals surface area contributed by atoms with Gasteiger partial charge in [-0.3, -0.25) is 0 Å². The van der Waals surface area contributed by atoms with Gasteiger partial charge in [0, 0.05) is 0 Å². The van der Waals surface area contributed by atoms with Crippen molar-refractivity contribution in [3.63, 3.8) is 0 Å². The van der Waals surface area contributed by atoms with Crippen molar-refractivity contribution in [2.24, 2.45) is 0 Å². The zero-order valence-corrected chi connectivity index (χ0v) is 8.60. The fourth-order valence-electron chi connectivity index (χ4n) is 0.608. The fourth-order valence-corrected chi connectivity index (χ4v) is 2.21. The standard InChI is InChI=1S/C5H13O3Si.Fe/c1-4-7-9(3,6)8-5-2;/h4-5H2,1-3H3;/q-1;+1. The van der Waals surface area contributed by atoms with Gasteiger partial charge >= 0.3 is 71.1 Å². The van der Waals surface area contributed by atoms with Crippen LogP contribution in [0.2, 0.25) is 6.55 Å². The molecule has 0 heterocycles. The fraction of sp³-hybridized carbons (Fsp3) is 1.00. The summed E-state index contributed by atoms with van der Waals surface area (Å²) in [5, 5.41) is 0. The summed E-state index contributed by atoms with van der Waals surface area (Å²) < 4.78 is 15.4. The number of hydrogen-bond acceptors (Lipinski definition) is 3. The zero-order valence-electron chi connectivity index (χ0n) is 6.49. The minimum atomic E-state index is -2.33. The van der Waals surface area contributed by atoms with E-state index in [4.69, 9.17) is 12.4 Å². The first-order valence-electron chi connectivity index (χ1n) is 3.25. The topological polar surface area (TPSA) is 27.7 Å². The van der Waals surface area contributed by atoms with Crippen LogP contribution in [0.15, 0.2) is 0 Å². The van der Waals surface area contributed by atoms with Crippen molar-refractivity contribution in [1.82, 2.24) is 0 Å². The predicted octanol–water partition coefficient (Wildman–Crippen LogP) is 1.11. The molecule has 0 radical (unpaired) electrons. The van der Waals surface area contributed by atoms with Gasteiger partial charge in [-0.2, -0.15) is 0 Å². The van der Waals surface area contributed by atoms with Crippen molar-refractivity contribution >= 4 is 8.80 Å². The molecule has 0 saturated carbocycles. The monoisotopic (exact) mass is 205 g/mol. The first-order chi connectivity index (χ1) is 4.68. The Bertz CT molecular complexity index is 85.0. The van der Waals surface area contributed by atoms with Gasteiger partial charge in [0.25, 0.3) is 0 Å². The molecule has 0 bridgehead atoms. The molecule has 0 aliphatic rings. The van der Waals surface area contributed by atoms with Gasteiger partial charge in [0.1, 0.15) is 0 Å². The average Bonchev–Trinajstić information content (AvgIpc) is 1.89. The molecule has 0 aliphatic carbocycles. The van der Waals surface area contributed by atoms with Crippen LogP contribution in [0.25, 0.3) is 0 Å². The van der Waals surface area contributed by atoms with Crippen molar-refractivity contribution < 1.29 is 28.7 Å². The summed E-state index contributed by atoms with van der Waals surface area (Å²) in [6.07, 6.45) is 0. The Labute approximate surface area is 71.6 Å². The Morgan fingerprint density at radius 1 is 1.20 bits per heavy atom. The van der Waals surface area contributed by atoms with Crippen molar-refractivity contribution in [3.05, 3.63) is 0 Å². The summed E-state index contributed by atoms with van der Waals surface area (Å²) in [6.45, 7) is 6.86. The molecule has 0 spiro atoms. The van der Waals surface area contributed by atoms with E-state index in [0.29, 0.717) is 13.2 Å². The molecule has 0 amide bonds. The predicted molar refractivity (Wildman–Crippen MR) is 36.0 cm³/mol. The maximum atomic E-state index is 5.25. The van der Waals surface area contributed by atoms with Crippen LogP contribution >= 0.6 is 0 Å². The Morgan fingerprint density at radius 2 is 1.60 bits per heavy atom. The summed E-state index contributed by atoms with van der Waals surface area (Å²) in [5.74, 6) is 0. The van der Waals surface area contributed by atoms with E-state index in [9.17, 15) is 0 Å². The van der Waals surface area contributed by atoms with E-state index in [-0.39, 0.29) is 0 Å². The molecule has 10 heavy (non-hydrogen) atoms. The van der Waals surface area contributed by atoms with Crippen molar-refractivity contribution in [3.8, 4) is 0 Å². The Hall–Kier alpha value is 0.616. The van der Waals surface area contributed by atoms with Gasteiger partial charge in [-0.05, 0) is 0 Å². The summed E-state index contributed by atoms with van der Waals surface area (Å²) in [7, 11) is -2.33. The summed E-state index contributed by atoms with van der Waals surface area (Å²) in [6, 6.07) is 0. The third kappa shape index (κ3) is 3.70. The van der Waals surface area contributed by atoms with Crippen LogP contribution in [0.1, 0.15) is 13.8 Å². The maximum absolute atomic E-state index is 5.25. The first kappa shape index (κ1) is 10.6. The second-order valence-electron chi connectivity index (χ2n) is 1.80. The van der Waals surface area contributed by atoms with Gasteiger partial charge in [0.15, 0.2) is 0 Å². The quantitative estimate of drug-likeness (QED) is 0.629. The molecule has 0 rings (SSSR count). The molecular weight excluding hydrogens is 192 g/mol. The first-order valence-corrected chi connectivity index (χ1v) is 5.92. The minimum absolute atomic E-state index is 0.609. The molecular formula is C5H13FeO3Si. The van der Waals surface area contributed by atoms with E-state index in [1.54, 1.807) is 0 Å². The molecule has 0 aromatic rings. The van der Waals surface area contributed by atoms with Gasteiger partial charge < -0.3 is 0 Å². The molecule has 0 N–H and O–H groups in total. The summed E-state index contributed by atoms with van der Waals surface area (Å²) in [5.41, 5.74) is 0. The van der Waals surface area contributed by atoms with E-state index in [1.165, 1.54) is 0 Å². The van der Waals surface area contributed by atoms with Crippen LogP contribution < -0.4 is 0 Å². The van der Waals surface area contributed by atoms with Crippen LogP contribution in [-0.4, -0.2) is 22.0 Å². The van der Waals surface area contributed by atoms with E-state index < -0.39 is 8.80 Å². The van der Waals surface area contributed by atoms with E-state index in [1.807, 2.05) is 20.4 Å². The Balaban J connectivity index is 3.69. The van der Waals surface area contributed by atoms with Crippen LogP contribution in [0.4, 0.5) is 0 Å². The molecule has 0 aromatic heterocycles. The molecule has 5 heteroatoms. The van der Waals surface area contributed by atoms with Gasteiger partial charge in [-0.15, -0.1) is 0 Å². The number of hydrogen-bond donors (Lipinski definition) is 0. The molecule has 0 aromatic carbocycles. The van der Waals surface area contributed by atoms with Crippen LogP contribution in [0, 0.1) is 0 Å². The summed E-state index contributed by atoms with van der Waals surface area (Å²) in [4.78, 5) is 0. The van der Waals surface area contributed by atoms with Gasteiger partial charge in [0.05, 0.1) is 0 Å². The molecule has 0 saturated heterocycles. The van der Waals surface area contributed by atoms with Crippen molar-refractivity contribution in [1.29, 1.82) is 0 Å². The third-order valence-electron chi connectivity index (χ3n) is 0.944. The Morgan fingerprint density at radius 3 is 1.80 bits per heavy atom. The van der Waals surface area contributed by atoms with Gasteiger partial charge in [-0.1, -0.05) is 0 Å².